The topological polar surface area (TPSA) is 49.3 Å². The molecule has 3 nitrogen and oxygen atoms in total. The molecule has 0 saturated heterocycles. The molecule has 0 spiro atoms. The first-order chi connectivity index (χ1) is 9.04. The molecule has 2 aromatic rings. The second-order valence-electron chi connectivity index (χ2n) is 4.26. The summed E-state index contributed by atoms with van der Waals surface area (Å²) in [5.74, 6) is -1.04. The van der Waals surface area contributed by atoms with Crippen LogP contribution in [0.15, 0.2) is 30.3 Å². The van der Waals surface area contributed by atoms with Gasteiger partial charge in [0.2, 0.25) is 0 Å². The van der Waals surface area contributed by atoms with E-state index in [1.807, 2.05) is 12.1 Å². The lowest BCUT2D eigenvalue weighted by molar-refractivity contribution is -0.136. The van der Waals surface area contributed by atoms with E-state index in [1.165, 1.54) is 17.4 Å². The highest BCUT2D eigenvalue weighted by atomic mass is 32.1. The van der Waals surface area contributed by atoms with E-state index in [2.05, 4.69) is 5.32 Å². The van der Waals surface area contributed by atoms with Gasteiger partial charge in [-0.2, -0.15) is 0 Å². The molecule has 5 heteroatoms. The first kappa shape index (κ1) is 13.5. The van der Waals surface area contributed by atoms with Crippen LogP contribution in [0.1, 0.15) is 15.3 Å². The van der Waals surface area contributed by atoms with Crippen molar-refractivity contribution in [3.8, 4) is 0 Å². The highest BCUT2D eigenvalue weighted by molar-refractivity contribution is 7.12. The van der Waals surface area contributed by atoms with Gasteiger partial charge in [-0.15, -0.1) is 11.3 Å². The van der Waals surface area contributed by atoms with Gasteiger partial charge in [-0.05, 0) is 42.8 Å². The molecule has 0 bridgehead atoms. The Labute approximate surface area is 114 Å². The van der Waals surface area contributed by atoms with Crippen LogP contribution >= 0.6 is 11.3 Å². The molecule has 0 fully saturated rings. The Morgan fingerprint density at radius 1 is 1.32 bits per heavy atom. The van der Waals surface area contributed by atoms with Crippen molar-refractivity contribution < 1.29 is 14.3 Å². The zero-order valence-corrected chi connectivity index (χ0v) is 11.3. The van der Waals surface area contributed by atoms with Crippen molar-refractivity contribution >= 4 is 23.0 Å². The van der Waals surface area contributed by atoms with Crippen molar-refractivity contribution in [3.05, 3.63) is 51.5 Å². The van der Waals surface area contributed by atoms with E-state index < -0.39 is 5.97 Å². The number of carboxylic acid groups (broad SMARTS) is 1. The number of rotatable bonds is 5. The van der Waals surface area contributed by atoms with Crippen molar-refractivity contribution in [2.75, 3.05) is 5.32 Å². The molecule has 1 heterocycles. The Morgan fingerprint density at radius 2 is 2.05 bits per heavy atom. The van der Waals surface area contributed by atoms with Crippen LogP contribution in [0.2, 0.25) is 0 Å². The molecule has 0 aliphatic carbocycles. The van der Waals surface area contributed by atoms with Crippen molar-refractivity contribution in [1.29, 1.82) is 0 Å². The SMILES string of the molecule is Cc1cc(NCc2ccc(CC(=O)O)s2)ccc1F. The average molecular weight is 279 g/mol. The smallest absolute Gasteiger partial charge is 0.308 e. The third-order valence-electron chi connectivity index (χ3n) is 2.67. The van der Waals surface area contributed by atoms with E-state index in [9.17, 15) is 9.18 Å². The second kappa shape index (κ2) is 5.84. The number of hydrogen-bond acceptors (Lipinski definition) is 3. The van der Waals surface area contributed by atoms with Crippen LogP contribution in [0.5, 0.6) is 0 Å². The fraction of sp³-hybridized carbons (Fsp3) is 0.214. The van der Waals surface area contributed by atoms with Gasteiger partial charge in [0.05, 0.1) is 6.42 Å². The third kappa shape index (κ3) is 3.79. The van der Waals surface area contributed by atoms with Crippen LogP contribution in [-0.2, 0) is 17.8 Å². The summed E-state index contributed by atoms with van der Waals surface area (Å²) in [5, 5.41) is 11.9. The first-order valence-electron chi connectivity index (χ1n) is 5.84. The molecule has 19 heavy (non-hydrogen) atoms. The lowest BCUT2D eigenvalue weighted by Gasteiger charge is -2.06. The maximum atomic E-state index is 13.1. The molecule has 1 aromatic carbocycles. The maximum absolute atomic E-state index is 13.1. The largest absolute Gasteiger partial charge is 0.481 e. The summed E-state index contributed by atoms with van der Waals surface area (Å²) in [6, 6.07) is 8.61. The molecule has 0 radical (unpaired) electrons. The fourth-order valence-electron chi connectivity index (χ4n) is 1.71. The van der Waals surface area contributed by atoms with Gasteiger partial charge in [-0.1, -0.05) is 0 Å². The van der Waals surface area contributed by atoms with Crippen LogP contribution < -0.4 is 5.32 Å². The number of aliphatic carboxylic acids is 1. The molecule has 0 amide bonds. The summed E-state index contributed by atoms with van der Waals surface area (Å²) in [6.45, 7) is 2.33. The minimum Gasteiger partial charge on any atom is -0.481 e. The molecule has 1 aromatic heterocycles. The number of benzene rings is 1. The molecule has 100 valence electrons. The van der Waals surface area contributed by atoms with E-state index >= 15 is 0 Å². The van der Waals surface area contributed by atoms with Crippen molar-refractivity contribution in [1.82, 2.24) is 0 Å². The Morgan fingerprint density at radius 3 is 2.74 bits per heavy atom. The van der Waals surface area contributed by atoms with Gasteiger partial charge >= 0.3 is 5.97 Å². The van der Waals surface area contributed by atoms with Crippen LogP contribution in [0, 0.1) is 12.7 Å². The quantitative estimate of drug-likeness (QED) is 0.881. The van der Waals surface area contributed by atoms with Gasteiger partial charge in [-0.25, -0.2) is 4.39 Å². The van der Waals surface area contributed by atoms with Crippen LogP contribution in [0.4, 0.5) is 10.1 Å². The predicted octanol–water partition coefficient (Wildman–Crippen LogP) is 3.43. The van der Waals surface area contributed by atoms with Gasteiger partial charge < -0.3 is 10.4 Å². The van der Waals surface area contributed by atoms with Crippen molar-refractivity contribution in [3.63, 3.8) is 0 Å². The summed E-state index contributed by atoms with van der Waals surface area (Å²) in [4.78, 5) is 12.5. The molecule has 0 aliphatic heterocycles. The summed E-state index contributed by atoms with van der Waals surface area (Å²) >= 11 is 1.47. The number of hydrogen-bond donors (Lipinski definition) is 2. The molecular formula is C14H14FNO2S. The zero-order valence-electron chi connectivity index (χ0n) is 10.4. The van der Waals surface area contributed by atoms with E-state index in [0.29, 0.717) is 12.1 Å². The second-order valence-corrected chi connectivity index (χ2v) is 5.51. The standard InChI is InChI=1S/C14H14FNO2S/c1-9-6-10(2-5-13(9)15)16-8-12-4-3-11(19-12)7-14(17)18/h2-6,16H,7-8H2,1H3,(H,17,18). The third-order valence-corrected chi connectivity index (χ3v) is 3.75. The molecule has 0 atom stereocenters. The van der Waals surface area contributed by atoms with E-state index in [-0.39, 0.29) is 12.2 Å². The lowest BCUT2D eigenvalue weighted by atomic mass is 10.2. The van der Waals surface area contributed by atoms with Crippen LogP contribution in [-0.4, -0.2) is 11.1 Å². The van der Waals surface area contributed by atoms with E-state index in [0.717, 1.165) is 15.4 Å². The zero-order chi connectivity index (χ0) is 13.8. The van der Waals surface area contributed by atoms with Gasteiger partial charge in [0.25, 0.3) is 0 Å². The maximum Gasteiger partial charge on any atom is 0.308 e. The number of carbonyl (C=O) groups is 1. The van der Waals surface area contributed by atoms with Crippen molar-refractivity contribution in [2.45, 2.75) is 19.9 Å². The van der Waals surface area contributed by atoms with Crippen LogP contribution in [0.3, 0.4) is 0 Å². The molecule has 2 rings (SSSR count). The molecular weight excluding hydrogens is 265 g/mol. The fourth-order valence-corrected chi connectivity index (χ4v) is 2.65. The van der Waals surface area contributed by atoms with Crippen LogP contribution in [0.25, 0.3) is 0 Å². The summed E-state index contributed by atoms with van der Waals surface area (Å²) in [6.07, 6.45) is 0.0559. The van der Waals surface area contributed by atoms with Gasteiger partial charge in [0.15, 0.2) is 0 Å². The summed E-state index contributed by atoms with van der Waals surface area (Å²) in [5.41, 5.74) is 1.45. The molecule has 2 N–H and O–H groups in total. The number of carboxylic acids is 1. The Kier molecular flexibility index (Phi) is 4.16. The number of anilines is 1. The first-order valence-corrected chi connectivity index (χ1v) is 6.65. The lowest BCUT2D eigenvalue weighted by Crippen LogP contribution is -1.98. The molecule has 0 saturated carbocycles. The van der Waals surface area contributed by atoms with Gasteiger partial charge in [-0.3, -0.25) is 4.79 Å². The normalized spacial score (nSPS) is 10.4. The number of aryl methyl sites for hydroxylation is 1. The Balaban J connectivity index is 1.96. The van der Waals surface area contributed by atoms with Crippen molar-refractivity contribution in [2.24, 2.45) is 0 Å². The molecule has 0 aliphatic rings. The van der Waals surface area contributed by atoms with E-state index in [4.69, 9.17) is 5.11 Å². The summed E-state index contributed by atoms with van der Waals surface area (Å²) in [7, 11) is 0. The predicted molar refractivity (Wildman–Crippen MR) is 74.1 cm³/mol. The summed E-state index contributed by atoms with van der Waals surface area (Å²) < 4.78 is 13.1. The van der Waals surface area contributed by atoms with Gasteiger partial charge in [0, 0.05) is 22.0 Å². The number of thiophene rings is 1. The van der Waals surface area contributed by atoms with E-state index in [1.54, 1.807) is 19.1 Å². The highest BCUT2D eigenvalue weighted by Gasteiger charge is 2.05. The average Bonchev–Trinajstić information content (AvgIpc) is 2.77. The number of halogens is 1. The minimum atomic E-state index is -0.824. The minimum absolute atomic E-state index is 0.0559. The Bertz CT molecular complexity index is 595. The monoisotopic (exact) mass is 279 g/mol. The number of nitrogens with one attached hydrogen (secondary N) is 1. The van der Waals surface area contributed by atoms with Gasteiger partial charge in [0.1, 0.15) is 5.82 Å². The highest BCUT2D eigenvalue weighted by Crippen LogP contribution is 2.20. The molecule has 0 unspecified atom stereocenters. The Hall–Kier alpha value is -1.88.